The van der Waals surface area contributed by atoms with E-state index in [4.69, 9.17) is 27.9 Å². The van der Waals surface area contributed by atoms with E-state index in [-0.39, 0.29) is 5.41 Å². The Morgan fingerprint density at radius 1 is 1.32 bits per heavy atom. The number of piperidine rings is 1. The summed E-state index contributed by atoms with van der Waals surface area (Å²) in [5.41, 5.74) is 1.70. The maximum absolute atomic E-state index is 11.7. The predicted octanol–water partition coefficient (Wildman–Crippen LogP) is 3.74. The third-order valence-corrected chi connectivity index (χ3v) is 5.81. The number of fused-ring (bicyclic) bond motifs is 1. The first-order chi connectivity index (χ1) is 12.0. The lowest BCUT2D eigenvalue weighted by molar-refractivity contribution is 0.0525. The zero-order chi connectivity index (χ0) is 17.6. The van der Waals surface area contributed by atoms with E-state index in [9.17, 15) is 4.79 Å². The summed E-state index contributed by atoms with van der Waals surface area (Å²) in [4.78, 5) is 22.5. The number of ether oxygens (including phenoxy) is 1. The first-order valence-electron chi connectivity index (χ1n) is 8.23. The minimum Gasteiger partial charge on any atom is -0.462 e. The van der Waals surface area contributed by atoms with E-state index in [0.29, 0.717) is 34.1 Å². The Labute approximate surface area is 155 Å². The van der Waals surface area contributed by atoms with Crippen LogP contribution >= 0.6 is 23.2 Å². The molecule has 0 radical (unpaired) electrons. The Morgan fingerprint density at radius 3 is 2.76 bits per heavy atom. The van der Waals surface area contributed by atoms with E-state index in [0.717, 1.165) is 19.5 Å². The van der Waals surface area contributed by atoms with Crippen LogP contribution in [0.3, 0.4) is 0 Å². The fraction of sp³-hybridized carbons (Fsp3) is 0.389. The molecule has 1 aliphatic carbocycles. The summed E-state index contributed by atoms with van der Waals surface area (Å²) in [6.45, 7) is 3.85. The van der Waals surface area contributed by atoms with Crippen molar-refractivity contribution >= 4 is 35.1 Å². The minimum atomic E-state index is -0.398. The lowest BCUT2D eigenvalue weighted by atomic mass is 9.95. The second-order valence-corrected chi connectivity index (χ2v) is 7.37. The molecule has 1 aromatic heterocycles. The summed E-state index contributed by atoms with van der Waals surface area (Å²) in [5, 5.41) is 1.17. The molecule has 2 unspecified atom stereocenters. The smallest absolute Gasteiger partial charge is 0.341 e. The van der Waals surface area contributed by atoms with Crippen molar-refractivity contribution in [1.29, 1.82) is 0 Å². The molecule has 1 aromatic carbocycles. The van der Waals surface area contributed by atoms with Gasteiger partial charge in [0.1, 0.15) is 0 Å². The average molecular weight is 378 g/mol. The summed E-state index contributed by atoms with van der Waals surface area (Å²) < 4.78 is 4.96. The van der Waals surface area contributed by atoms with Gasteiger partial charge < -0.3 is 9.64 Å². The van der Waals surface area contributed by atoms with Gasteiger partial charge in [0.05, 0.1) is 22.2 Å². The van der Waals surface area contributed by atoms with E-state index < -0.39 is 5.97 Å². The highest BCUT2D eigenvalue weighted by Crippen LogP contribution is 2.59. The molecule has 2 aliphatic rings. The van der Waals surface area contributed by atoms with Crippen molar-refractivity contribution in [3.8, 4) is 0 Å². The number of carbonyl (C=O) groups is 1. The Bertz CT molecular complexity index is 828. The Hall–Kier alpha value is -1.85. The highest BCUT2D eigenvalue weighted by Gasteiger charge is 2.61. The molecule has 0 spiro atoms. The van der Waals surface area contributed by atoms with Crippen molar-refractivity contribution in [3.63, 3.8) is 0 Å². The molecule has 2 fully saturated rings. The fourth-order valence-electron chi connectivity index (χ4n) is 3.69. The number of rotatable bonds is 4. The Morgan fingerprint density at radius 2 is 2.08 bits per heavy atom. The molecule has 2 heterocycles. The standard InChI is InChI=1S/C18H17Cl2N3O2/c1-2-25-16(24)11-7-21-17(22-8-11)23-9-13-6-18(13,10-23)12-3-4-14(19)15(20)5-12/h3-5,7-8,13H,2,6,9-10H2,1H3. The summed E-state index contributed by atoms with van der Waals surface area (Å²) in [6, 6.07) is 5.89. The van der Waals surface area contributed by atoms with Gasteiger partial charge in [-0.05, 0) is 37.0 Å². The molecule has 1 saturated carbocycles. The first-order valence-corrected chi connectivity index (χ1v) is 8.99. The monoisotopic (exact) mass is 377 g/mol. The maximum Gasteiger partial charge on any atom is 0.341 e. The first kappa shape index (κ1) is 16.6. The lowest BCUT2D eigenvalue weighted by Gasteiger charge is -2.21. The van der Waals surface area contributed by atoms with Crippen molar-refractivity contribution in [2.75, 3.05) is 24.6 Å². The number of hydrogen-bond acceptors (Lipinski definition) is 5. The summed E-state index contributed by atoms with van der Waals surface area (Å²) in [7, 11) is 0. The van der Waals surface area contributed by atoms with Crippen LogP contribution in [-0.2, 0) is 10.2 Å². The molecule has 2 aromatic rings. The molecule has 0 N–H and O–H groups in total. The number of halogens is 2. The van der Waals surface area contributed by atoms with Crippen LogP contribution in [0.4, 0.5) is 5.95 Å². The quantitative estimate of drug-likeness (QED) is 0.759. The van der Waals surface area contributed by atoms with Crippen LogP contribution in [-0.4, -0.2) is 35.6 Å². The topological polar surface area (TPSA) is 55.3 Å². The molecule has 1 saturated heterocycles. The summed E-state index contributed by atoms with van der Waals surface area (Å²) in [6.07, 6.45) is 4.19. The van der Waals surface area contributed by atoms with Gasteiger partial charge in [-0.15, -0.1) is 0 Å². The van der Waals surface area contributed by atoms with Crippen molar-refractivity contribution < 1.29 is 9.53 Å². The molecule has 2 atom stereocenters. The molecule has 1 aliphatic heterocycles. The van der Waals surface area contributed by atoms with Gasteiger partial charge >= 0.3 is 5.97 Å². The van der Waals surface area contributed by atoms with E-state index >= 15 is 0 Å². The van der Waals surface area contributed by atoms with Gasteiger partial charge in [0.25, 0.3) is 0 Å². The number of nitrogens with zero attached hydrogens (tertiary/aromatic N) is 3. The van der Waals surface area contributed by atoms with Crippen molar-refractivity contribution in [2.45, 2.75) is 18.8 Å². The molecule has 5 nitrogen and oxygen atoms in total. The van der Waals surface area contributed by atoms with Crippen molar-refractivity contribution in [3.05, 3.63) is 51.8 Å². The molecule has 0 amide bonds. The van der Waals surface area contributed by atoms with Crippen LogP contribution in [0, 0.1) is 5.92 Å². The van der Waals surface area contributed by atoms with E-state index in [1.807, 2.05) is 12.1 Å². The zero-order valence-electron chi connectivity index (χ0n) is 13.7. The number of carbonyl (C=O) groups excluding carboxylic acids is 1. The van der Waals surface area contributed by atoms with Gasteiger partial charge in [0.15, 0.2) is 0 Å². The average Bonchev–Trinajstić information content (AvgIpc) is 3.19. The lowest BCUT2D eigenvalue weighted by Crippen LogP contribution is -2.28. The van der Waals surface area contributed by atoms with Crippen LogP contribution in [0.25, 0.3) is 0 Å². The third kappa shape index (κ3) is 2.85. The predicted molar refractivity (Wildman–Crippen MR) is 96.4 cm³/mol. The normalized spacial score (nSPS) is 24.1. The summed E-state index contributed by atoms with van der Waals surface area (Å²) in [5.74, 6) is 0.809. The largest absolute Gasteiger partial charge is 0.462 e. The molecular formula is C18H17Cl2N3O2. The number of esters is 1. The number of hydrogen-bond donors (Lipinski definition) is 0. The molecule has 25 heavy (non-hydrogen) atoms. The van der Waals surface area contributed by atoms with E-state index in [1.165, 1.54) is 18.0 Å². The summed E-state index contributed by atoms with van der Waals surface area (Å²) >= 11 is 12.2. The number of anilines is 1. The van der Waals surface area contributed by atoms with Gasteiger partial charge in [0, 0.05) is 30.9 Å². The molecular weight excluding hydrogens is 361 g/mol. The van der Waals surface area contributed by atoms with Crippen molar-refractivity contribution in [2.24, 2.45) is 5.92 Å². The highest BCUT2D eigenvalue weighted by atomic mass is 35.5. The number of benzene rings is 1. The van der Waals surface area contributed by atoms with Crippen molar-refractivity contribution in [1.82, 2.24) is 9.97 Å². The Kier molecular flexibility index (Phi) is 4.08. The molecule has 7 heteroatoms. The Balaban J connectivity index is 1.51. The highest BCUT2D eigenvalue weighted by molar-refractivity contribution is 6.42. The zero-order valence-corrected chi connectivity index (χ0v) is 15.2. The molecule has 130 valence electrons. The maximum atomic E-state index is 11.7. The molecule has 4 rings (SSSR count). The third-order valence-electron chi connectivity index (χ3n) is 5.07. The minimum absolute atomic E-state index is 0.109. The molecule has 0 bridgehead atoms. The second kappa shape index (κ2) is 6.15. The van der Waals surface area contributed by atoms with Crippen LogP contribution in [0.1, 0.15) is 29.3 Å². The van der Waals surface area contributed by atoms with Crippen LogP contribution in [0.15, 0.2) is 30.6 Å². The van der Waals surface area contributed by atoms with Crippen LogP contribution in [0.5, 0.6) is 0 Å². The van der Waals surface area contributed by atoms with Gasteiger partial charge in [-0.1, -0.05) is 29.3 Å². The van der Waals surface area contributed by atoms with E-state index in [2.05, 4.69) is 20.9 Å². The van der Waals surface area contributed by atoms with Gasteiger partial charge in [-0.25, -0.2) is 14.8 Å². The van der Waals surface area contributed by atoms with Crippen LogP contribution in [0.2, 0.25) is 10.0 Å². The SMILES string of the molecule is CCOC(=O)c1cnc(N2CC3CC3(c3ccc(Cl)c(Cl)c3)C2)nc1. The fourth-order valence-corrected chi connectivity index (χ4v) is 3.99. The van der Waals surface area contributed by atoms with Crippen LogP contribution < -0.4 is 4.90 Å². The van der Waals surface area contributed by atoms with Gasteiger partial charge in [-0.3, -0.25) is 0 Å². The van der Waals surface area contributed by atoms with E-state index in [1.54, 1.807) is 6.92 Å². The van der Waals surface area contributed by atoms with Gasteiger partial charge in [0.2, 0.25) is 5.95 Å². The second-order valence-electron chi connectivity index (χ2n) is 6.56. The number of aromatic nitrogens is 2. The van der Waals surface area contributed by atoms with Gasteiger partial charge in [-0.2, -0.15) is 0 Å².